The van der Waals surface area contributed by atoms with Crippen LogP contribution in [0, 0.1) is 0 Å². The van der Waals surface area contributed by atoms with Crippen LogP contribution in [0.1, 0.15) is 13.3 Å². The highest BCUT2D eigenvalue weighted by molar-refractivity contribution is 8.00. The zero-order valence-corrected chi connectivity index (χ0v) is 17.0. The molecule has 0 saturated carbocycles. The third-order valence-electron chi connectivity index (χ3n) is 4.45. The van der Waals surface area contributed by atoms with Crippen molar-refractivity contribution in [3.8, 4) is 11.4 Å². The molecule has 0 unspecified atom stereocenters. The van der Waals surface area contributed by atoms with Crippen LogP contribution in [0.4, 0.5) is 5.69 Å². The maximum Gasteiger partial charge on any atom is 0.237 e. The number of thioether (sulfide) groups is 2. The number of para-hydroxylation sites is 1. The fourth-order valence-corrected chi connectivity index (χ4v) is 4.86. The number of anilines is 1. The molecule has 0 bridgehead atoms. The van der Waals surface area contributed by atoms with Gasteiger partial charge in [0.1, 0.15) is 0 Å². The standard InChI is InChI=1S/C19H20N6OS2/c1-13-8-10-24(15-6-2-3-7-16(15)28-13)17(26)12-27-19-23-22-18(25(19)20)14-5-4-9-21-11-14/h2-7,9,11,13H,8,10,12,20H2,1H3/t13-/m1/s1. The molecule has 3 aromatic rings. The quantitative estimate of drug-likeness (QED) is 0.520. The van der Waals surface area contributed by atoms with E-state index in [-0.39, 0.29) is 11.7 Å². The molecule has 1 amide bonds. The third-order valence-corrected chi connectivity index (χ3v) is 6.62. The number of nitrogen functional groups attached to an aromatic ring is 1. The number of pyridine rings is 1. The molecule has 0 fully saturated rings. The number of nitrogens with two attached hydrogens (primary N) is 1. The van der Waals surface area contributed by atoms with Crippen LogP contribution in [-0.4, -0.2) is 43.3 Å². The summed E-state index contributed by atoms with van der Waals surface area (Å²) in [5.41, 5.74) is 1.76. The summed E-state index contributed by atoms with van der Waals surface area (Å²) in [6.07, 6.45) is 4.32. The number of aromatic nitrogens is 4. The number of benzene rings is 1. The Balaban J connectivity index is 1.49. The van der Waals surface area contributed by atoms with Crippen LogP contribution < -0.4 is 10.7 Å². The molecule has 9 heteroatoms. The van der Waals surface area contributed by atoms with Gasteiger partial charge in [0.05, 0.1) is 11.4 Å². The number of hydrogen-bond acceptors (Lipinski definition) is 7. The highest BCUT2D eigenvalue weighted by Gasteiger charge is 2.24. The van der Waals surface area contributed by atoms with Crippen molar-refractivity contribution >= 4 is 35.1 Å². The zero-order chi connectivity index (χ0) is 19.5. The number of rotatable bonds is 4. The van der Waals surface area contributed by atoms with Crippen LogP contribution in [0.25, 0.3) is 11.4 Å². The molecule has 7 nitrogen and oxygen atoms in total. The van der Waals surface area contributed by atoms with Crippen molar-refractivity contribution in [3.63, 3.8) is 0 Å². The normalized spacial score (nSPS) is 16.5. The number of amides is 1. The summed E-state index contributed by atoms with van der Waals surface area (Å²) in [6.45, 7) is 2.90. The second-order valence-electron chi connectivity index (χ2n) is 6.44. The van der Waals surface area contributed by atoms with E-state index in [1.54, 1.807) is 12.4 Å². The Kier molecular flexibility index (Phi) is 5.54. The van der Waals surface area contributed by atoms with E-state index in [4.69, 9.17) is 5.84 Å². The van der Waals surface area contributed by atoms with Crippen LogP contribution in [0.2, 0.25) is 0 Å². The summed E-state index contributed by atoms with van der Waals surface area (Å²) in [6, 6.07) is 11.8. The lowest BCUT2D eigenvalue weighted by Crippen LogP contribution is -2.33. The van der Waals surface area contributed by atoms with Gasteiger partial charge in [0.2, 0.25) is 11.1 Å². The minimum Gasteiger partial charge on any atom is -0.335 e. The summed E-state index contributed by atoms with van der Waals surface area (Å²) in [7, 11) is 0. The Morgan fingerprint density at radius 2 is 2.14 bits per heavy atom. The monoisotopic (exact) mass is 412 g/mol. The van der Waals surface area contributed by atoms with E-state index in [2.05, 4.69) is 28.2 Å². The van der Waals surface area contributed by atoms with Gasteiger partial charge in [-0.15, -0.1) is 22.0 Å². The van der Waals surface area contributed by atoms with Gasteiger partial charge < -0.3 is 10.7 Å². The Bertz CT molecular complexity index is 978. The average Bonchev–Trinajstić information content (AvgIpc) is 2.99. The number of carbonyl (C=O) groups is 1. The molecule has 28 heavy (non-hydrogen) atoms. The van der Waals surface area contributed by atoms with Gasteiger partial charge in [-0.05, 0) is 30.7 Å². The van der Waals surface area contributed by atoms with Crippen molar-refractivity contribution in [2.75, 3.05) is 23.0 Å². The van der Waals surface area contributed by atoms with Crippen molar-refractivity contribution in [2.24, 2.45) is 0 Å². The first-order valence-electron chi connectivity index (χ1n) is 8.93. The molecule has 3 heterocycles. The highest BCUT2D eigenvalue weighted by Crippen LogP contribution is 2.37. The maximum atomic E-state index is 13.0. The lowest BCUT2D eigenvalue weighted by molar-refractivity contribution is -0.116. The Morgan fingerprint density at radius 1 is 1.29 bits per heavy atom. The largest absolute Gasteiger partial charge is 0.335 e. The van der Waals surface area contributed by atoms with Crippen molar-refractivity contribution in [1.82, 2.24) is 19.9 Å². The molecule has 1 aliphatic rings. The van der Waals surface area contributed by atoms with Crippen molar-refractivity contribution < 1.29 is 4.79 Å². The van der Waals surface area contributed by atoms with E-state index >= 15 is 0 Å². The molecule has 2 N–H and O–H groups in total. The van der Waals surface area contributed by atoms with Gasteiger partial charge in [-0.25, -0.2) is 4.68 Å². The molecular formula is C19H20N6OS2. The first kappa shape index (κ1) is 18.8. The van der Waals surface area contributed by atoms with Gasteiger partial charge >= 0.3 is 0 Å². The third kappa shape index (κ3) is 3.85. The van der Waals surface area contributed by atoms with E-state index in [0.29, 0.717) is 22.8 Å². The smallest absolute Gasteiger partial charge is 0.237 e. The van der Waals surface area contributed by atoms with Gasteiger partial charge in [0.15, 0.2) is 5.82 Å². The van der Waals surface area contributed by atoms with Crippen LogP contribution >= 0.6 is 23.5 Å². The second kappa shape index (κ2) is 8.24. The number of nitrogens with zero attached hydrogens (tertiary/aromatic N) is 5. The fraction of sp³-hybridized carbons (Fsp3) is 0.263. The summed E-state index contributed by atoms with van der Waals surface area (Å²) in [4.78, 5) is 20.1. The zero-order valence-electron chi connectivity index (χ0n) is 15.4. The number of hydrogen-bond donors (Lipinski definition) is 1. The minimum absolute atomic E-state index is 0.0399. The van der Waals surface area contributed by atoms with Crippen LogP contribution in [0.5, 0.6) is 0 Å². The van der Waals surface area contributed by atoms with E-state index in [1.165, 1.54) is 16.4 Å². The molecule has 0 spiro atoms. The molecule has 0 saturated heterocycles. The van der Waals surface area contributed by atoms with Crippen molar-refractivity contribution in [2.45, 2.75) is 28.6 Å². The topological polar surface area (TPSA) is 89.9 Å². The summed E-state index contributed by atoms with van der Waals surface area (Å²) in [5, 5.41) is 9.24. The van der Waals surface area contributed by atoms with Gasteiger partial charge in [-0.2, -0.15) is 0 Å². The molecule has 4 rings (SSSR count). The maximum absolute atomic E-state index is 13.0. The molecule has 1 aromatic carbocycles. The summed E-state index contributed by atoms with van der Waals surface area (Å²) < 4.78 is 1.41. The Hall–Kier alpha value is -2.52. The van der Waals surface area contributed by atoms with E-state index in [0.717, 1.165) is 22.6 Å². The average molecular weight is 413 g/mol. The fourth-order valence-electron chi connectivity index (χ4n) is 3.02. The number of carbonyl (C=O) groups excluding carboxylic acids is 1. The van der Waals surface area contributed by atoms with Crippen LogP contribution in [0.15, 0.2) is 58.8 Å². The molecule has 0 radical (unpaired) electrons. The van der Waals surface area contributed by atoms with E-state index in [9.17, 15) is 4.79 Å². The van der Waals surface area contributed by atoms with Gasteiger partial charge in [0, 0.05) is 34.6 Å². The van der Waals surface area contributed by atoms with Gasteiger partial charge in [0.25, 0.3) is 0 Å². The summed E-state index contributed by atoms with van der Waals surface area (Å²) in [5.74, 6) is 6.94. The van der Waals surface area contributed by atoms with Gasteiger partial charge in [-0.3, -0.25) is 9.78 Å². The first-order chi connectivity index (χ1) is 13.6. The van der Waals surface area contributed by atoms with E-state index in [1.807, 2.05) is 47.0 Å². The SMILES string of the molecule is C[C@@H]1CCN(C(=O)CSc2nnc(-c3cccnc3)n2N)c2ccccc2S1. The Morgan fingerprint density at radius 3 is 2.96 bits per heavy atom. The minimum atomic E-state index is 0.0399. The molecule has 2 aromatic heterocycles. The lowest BCUT2D eigenvalue weighted by atomic mass is 10.2. The van der Waals surface area contributed by atoms with Gasteiger partial charge in [-0.1, -0.05) is 30.8 Å². The predicted molar refractivity (Wildman–Crippen MR) is 113 cm³/mol. The highest BCUT2D eigenvalue weighted by atomic mass is 32.2. The molecule has 1 aliphatic heterocycles. The van der Waals surface area contributed by atoms with E-state index < -0.39 is 0 Å². The molecular weight excluding hydrogens is 392 g/mol. The molecule has 144 valence electrons. The second-order valence-corrected chi connectivity index (χ2v) is 8.86. The van der Waals surface area contributed by atoms with Crippen LogP contribution in [0.3, 0.4) is 0 Å². The van der Waals surface area contributed by atoms with Crippen molar-refractivity contribution in [1.29, 1.82) is 0 Å². The predicted octanol–water partition coefficient (Wildman–Crippen LogP) is 3.06. The van der Waals surface area contributed by atoms with Crippen molar-refractivity contribution in [3.05, 3.63) is 48.8 Å². The van der Waals surface area contributed by atoms with Crippen LogP contribution in [-0.2, 0) is 4.79 Å². The Labute approximate surface area is 171 Å². The first-order valence-corrected chi connectivity index (χ1v) is 10.8. The lowest BCUT2D eigenvalue weighted by Gasteiger charge is -2.22. The number of fused-ring (bicyclic) bond motifs is 1. The molecule has 0 aliphatic carbocycles. The molecule has 1 atom stereocenters. The summed E-state index contributed by atoms with van der Waals surface area (Å²) >= 11 is 3.11.